The minimum absolute atomic E-state index is 0.0165. The number of pyridine rings is 1. The molecular weight excluding hydrogens is 309 g/mol. The first-order valence-corrected chi connectivity index (χ1v) is 7.06. The van der Waals surface area contributed by atoms with Gasteiger partial charge in [-0.3, -0.25) is 9.59 Å². The average Bonchev–Trinajstić information content (AvgIpc) is 2.49. The molecule has 22 heavy (non-hydrogen) atoms. The first kappa shape index (κ1) is 16.2. The van der Waals surface area contributed by atoms with Crippen molar-refractivity contribution in [1.29, 1.82) is 0 Å². The summed E-state index contributed by atoms with van der Waals surface area (Å²) in [4.78, 5) is 23.8. The maximum absolute atomic E-state index is 14.5. The second-order valence-corrected chi connectivity index (χ2v) is 5.13. The monoisotopic (exact) mass is 323 g/mol. The summed E-state index contributed by atoms with van der Waals surface area (Å²) in [5.41, 5.74) is 0.0284. The predicted octanol–water partition coefficient (Wildman–Crippen LogP) is 3.54. The highest BCUT2D eigenvalue weighted by Crippen LogP contribution is 2.36. The Morgan fingerprint density at radius 1 is 1.41 bits per heavy atom. The Hall–Kier alpha value is -2.14. The fraction of sp³-hybridized carbons (Fsp3) is 0.250. The molecule has 116 valence electrons. The number of Topliss-reactive ketones (excluding diaryl/α,β-unsaturated/α-hetero) is 1. The zero-order chi connectivity index (χ0) is 16.4. The molecule has 0 fully saturated rings. The van der Waals surface area contributed by atoms with Crippen LogP contribution < -0.4 is 10.3 Å². The van der Waals surface area contributed by atoms with E-state index < -0.39 is 5.82 Å². The van der Waals surface area contributed by atoms with E-state index in [1.807, 2.05) is 6.92 Å². The summed E-state index contributed by atoms with van der Waals surface area (Å²) in [5, 5.41) is -0.123. The summed E-state index contributed by atoms with van der Waals surface area (Å²) < 4.78 is 21.2. The fourth-order valence-corrected chi connectivity index (χ4v) is 2.42. The van der Waals surface area contributed by atoms with Crippen LogP contribution in [0.3, 0.4) is 0 Å². The van der Waals surface area contributed by atoms with E-state index in [9.17, 15) is 14.0 Å². The molecule has 0 atom stereocenters. The number of methoxy groups -OCH3 is 1. The molecule has 1 aromatic carbocycles. The third-order valence-electron chi connectivity index (χ3n) is 3.39. The van der Waals surface area contributed by atoms with Crippen molar-refractivity contribution >= 4 is 17.4 Å². The number of rotatable bonds is 4. The number of carbonyl (C=O) groups excluding carboxylic acids is 1. The van der Waals surface area contributed by atoms with Gasteiger partial charge in [0.2, 0.25) is 0 Å². The Labute approximate surface area is 132 Å². The van der Waals surface area contributed by atoms with Gasteiger partial charge in [-0.1, -0.05) is 11.6 Å². The van der Waals surface area contributed by atoms with Gasteiger partial charge in [0.1, 0.15) is 11.6 Å². The van der Waals surface area contributed by atoms with Crippen LogP contribution in [0.4, 0.5) is 4.39 Å². The molecule has 0 bridgehead atoms. The van der Waals surface area contributed by atoms with Crippen LogP contribution in [0.25, 0.3) is 11.1 Å². The summed E-state index contributed by atoms with van der Waals surface area (Å²) in [6, 6.07) is 4.01. The topological polar surface area (TPSA) is 48.3 Å². The molecular formula is C16H15ClFNO3. The van der Waals surface area contributed by atoms with Gasteiger partial charge in [0, 0.05) is 35.5 Å². The minimum atomic E-state index is -0.749. The summed E-state index contributed by atoms with van der Waals surface area (Å²) in [7, 11) is 1.42. The Balaban J connectivity index is 2.87. The number of benzene rings is 1. The van der Waals surface area contributed by atoms with Gasteiger partial charge < -0.3 is 9.30 Å². The quantitative estimate of drug-likeness (QED) is 0.809. The van der Waals surface area contributed by atoms with Crippen molar-refractivity contribution in [3.8, 4) is 16.9 Å². The van der Waals surface area contributed by atoms with Crippen molar-refractivity contribution in [1.82, 2.24) is 4.57 Å². The lowest BCUT2D eigenvalue weighted by Crippen LogP contribution is -2.18. The summed E-state index contributed by atoms with van der Waals surface area (Å²) in [6.45, 7) is 3.58. The van der Waals surface area contributed by atoms with Gasteiger partial charge in [0.25, 0.3) is 5.56 Å². The lowest BCUT2D eigenvalue weighted by Gasteiger charge is -2.15. The second kappa shape index (κ2) is 6.32. The SMILES string of the molecule is CCn1cc(OC)c(-c2c(C(C)=O)ccc(Cl)c2F)cc1=O. The number of aromatic nitrogens is 1. The Kier molecular flexibility index (Phi) is 4.66. The molecule has 2 rings (SSSR count). The molecule has 0 saturated carbocycles. The maximum atomic E-state index is 14.5. The van der Waals surface area contributed by atoms with Gasteiger partial charge in [-0.05, 0) is 26.0 Å². The van der Waals surface area contributed by atoms with Crippen LogP contribution in [0.5, 0.6) is 5.75 Å². The average molecular weight is 324 g/mol. The molecule has 0 saturated heterocycles. The van der Waals surface area contributed by atoms with E-state index in [2.05, 4.69) is 0 Å². The van der Waals surface area contributed by atoms with E-state index in [1.165, 1.54) is 43.0 Å². The van der Waals surface area contributed by atoms with Gasteiger partial charge in [0.05, 0.1) is 12.1 Å². The summed E-state index contributed by atoms with van der Waals surface area (Å²) >= 11 is 5.82. The molecule has 0 N–H and O–H groups in total. The molecule has 4 nitrogen and oxygen atoms in total. The molecule has 0 spiro atoms. The summed E-state index contributed by atoms with van der Waals surface area (Å²) in [5.74, 6) is -0.779. The third-order valence-corrected chi connectivity index (χ3v) is 3.69. The number of halogens is 2. The third kappa shape index (κ3) is 2.76. The lowest BCUT2D eigenvalue weighted by atomic mass is 9.97. The van der Waals surface area contributed by atoms with Crippen LogP contribution in [0.15, 0.2) is 29.2 Å². The molecule has 2 aromatic rings. The van der Waals surface area contributed by atoms with Crippen molar-refractivity contribution in [2.75, 3.05) is 7.11 Å². The Morgan fingerprint density at radius 3 is 2.64 bits per heavy atom. The smallest absolute Gasteiger partial charge is 0.251 e. The first-order valence-electron chi connectivity index (χ1n) is 6.68. The molecule has 0 unspecified atom stereocenters. The van der Waals surface area contributed by atoms with Crippen molar-refractivity contribution < 1.29 is 13.9 Å². The van der Waals surface area contributed by atoms with Crippen molar-refractivity contribution in [3.05, 3.63) is 51.2 Å². The molecule has 0 radical (unpaired) electrons. The molecule has 1 heterocycles. The number of aryl methyl sites for hydroxylation is 1. The van der Waals surface area contributed by atoms with Gasteiger partial charge in [0.15, 0.2) is 5.78 Å². The number of hydrogen-bond acceptors (Lipinski definition) is 3. The van der Waals surface area contributed by atoms with E-state index >= 15 is 0 Å². The van der Waals surface area contributed by atoms with Crippen molar-refractivity contribution in [3.63, 3.8) is 0 Å². The van der Waals surface area contributed by atoms with E-state index in [4.69, 9.17) is 16.3 Å². The highest BCUT2D eigenvalue weighted by molar-refractivity contribution is 6.31. The Morgan fingerprint density at radius 2 is 2.09 bits per heavy atom. The molecule has 0 aliphatic carbocycles. The van der Waals surface area contributed by atoms with E-state index in [0.29, 0.717) is 12.3 Å². The van der Waals surface area contributed by atoms with Crippen LogP contribution in [0, 0.1) is 5.82 Å². The van der Waals surface area contributed by atoms with Gasteiger partial charge in [-0.2, -0.15) is 0 Å². The van der Waals surface area contributed by atoms with Crippen molar-refractivity contribution in [2.45, 2.75) is 20.4 Å². The first-order chi connectivity index (χ1) is 10.4. The predicted molar refractivity (Wildman–Crippen MR) is 83.3 cm³/mol. The minimum Gasteiger partial charge on any atom is -0.495 e. The molecule has 0 aliphatic rings. The highest BCUT2D eigenvalue weighted by atomic mass is 35.5. The zero-order valence-electron chi connectivity index (χ0n) is 12.4. The number of carbonyl (C=O) groups is 1. The second-order valence-electron chi connectivity index (χ2n) is 4.72. The standard InChI is InChI=1S/C16H15ClFNO3/c1-4-19-8-13(22-3)11(7-14(19)21)15-10(9(2)20)5-6-12(17)16(15)18/h5-8H,4H2,1-3H3. The van der Waals surface area contributed by atoms with Gasteiger partial charge in [-0.15, -0.1) is 0 Å². The largest absolute Gasteiger partial charge is 0.495 e. The van der Waals surface area contributed by atoms with Crippen molar-refractivity contribution in [2.24, 2.45) is 0 Å². The molecule has 0 aliphatic heterocycles. The Bertz CT molecular complexity index is 799. The number of ketones is 1. The normalized spacial score (nSPS) is 10.6. The zero-order valence-corrected chi connectivity index (χ0v) is 13.2. The molecule has 6 heteroatoms. The maximum Gasteiger partial charge on any atom is 0.251 e. The van der Waals surface area contributed by atoms with E-state index in [1.54, 1.807) is 0 Å². The number of nitrogens with zero attached hydrogens (tertiary/aromatic N) is 1. The van der Waals surface area contributed by atoms with Gasteiger partial charge in [-0.25, -0.2) is 4.39 Å². The van der Waals surface area contributed by atoms with E-state index in [-0.39, 0.29) is 33.1 Å². The lowest BCUT2D eigenvalue weighted by molar-refractivity contribution is 0.101. The van der Waals surface area contributed by atoms with Crippen LogP contribution in [0.1, 0.15) is 24.2 Å². The van der Waals surface area contributed by atoms with Gasteiger partial charge >= 0.3 is 0 Å². The van der Waals surface area contributed by atoms with E-state index in [0.717, 1.165) is 0 Å². The van der Waals surface area contributed by atoms with Crippen LogP contribution in [0.2, 0.25) is 5.02 Å². The highest BCUT2D eigenvalue weighted by Gasteiger charge is 2.21. The number of hydrogen-bond donors (Lipinski definition) is 0. The molecule has 1 aromatic heterocycles. The van der Waals surface area contributed by atoms with Crippen LogP contribution in [-0.4, -0.2) is 17.5 Å². The fourth-order valence-electron chi connectivity index (χ4n) is 2.26. The van der Waals surface area contributed by atoms with Crippen LogP contribution >= 0.6 is 11.6 Å². The number of ether oxygens (including phenoxy) is 1. The van der Waals surface area contributed by atoms with Crippen LogP contribution in [-0.2, 0) is 6.54 Å². The molecule has 0 amide bonds. The summed E-state index contributed by atoms with van der Waals surface area (Å²) in [6.07, 6.45) is 1.49.